The Labute approximate surface area is 79.9 Å². The predicted octanol–water partition coefficient (Wildman–Crippen LogP) is 0.180. The Morgan fingerprint density at radius 1 is 1.31 bits per heavy atom. The molecule has 0 amide bonds. The summed E-state index contributed by atoms with van der Waals surface area (Å²) in [6.07, 6.45) is 4.51. The predicted molar refractivity (Wildman–Crippen MR) is 52.4 cm³/mol. The van der Waals surface area contributed by atoms with Crippen molar-refractivity contribution in [3.63, 3.8) is 0 Å². The summed E-state index contributed by atoms with van der Waals surface area (Å²) < 4.78 is 0. The van der Waals surface area contributed by atoms with Crippen molar-refractivity contribution < 1.29 is 5.11 Å². The highest BCUT2D eigenvalue weighted by atomic mass is 16.3. The minimum Gasteiger partial charge on any atom is -0.391 e. The summed E-state index contributed by atoms with van der Waals surface area (Å²) in [6.45, 7) is 3.06. The van der Waals surface area contributed by atoms with Gasteiger partial charge in [0.2, 0.25) is 0 Å². The second-order valence-corrected chi connectivity index (χ2v) is 4.45. The first-order valence-corrected chi connectivity index (χ1v) is 5.43. The fraction of sp³-hybridized carbons (Fsp3) is 1.00. The van der Waals surface area contributed by atoms with Gasteiger partial charge in [0.05, 0.1) is 6.10 Å². The van der Waals surface area contributed by atoms with E-state index in [1.807, 2.05) is 0 Å². The highest BCUT2D eigenvalue weighted by Gasteiger charge is 2.34. The van der Waals surface area contributed by atoms with E-state index < -0.39 is 0 Å². The summed E-state index contributed by atoms with van der Waals surface area (Å²) in [5.41, 5.74) is 5.64. The minimum atomic E-state index is -0.0727. The Hall–Kier alpha value is -0.120. The van der Waals surface area contributed by atoms with Gasteiger partial charge in [-0.2, -0.15) is 0 Å². The zero-order valence-corrected chi connectivity index (χ0v) is 8.15. The van der Waals surface area contributed by atoms with Crippen LogP contribution in [0.1, 0.15) is 25.7 Å². The van der Waals surface area contributed by atoms with Crippen molar-refractivity contribution in [1.29, 1.82) is 0 Å². The van der Waals surface area contributed by atoms with Crippen LogP contribution in [0.4, 0.5) is 0 Å². The molecule has 3 unspecified atom stereocenters. The van der Waals surface area contributed by atoms with Crippen molar-refractivity contribution >= 4 is 0 Å². The van der Waals surface area contributed by atoms with Crippen LogP contribution in [0.2, 0.25) is 0 Å². The molecule has 3 N–H and O–H groups in total. The molecule has 2 aliphatic rings. The molecule has 0 bridgehead atoms. The number of nitrogens with two attached hydrogens (primary N) is 1. The van der Waals surface area contributed by atoms with Crippen LogP contribution in [-0.4, -0.2) is 41.8 Å². The summed E-state index contributed by atoms with van der Waals surface area (Å²) in [6, 6.07) is 0.441. The van der Waals surface area contributed by atoms with Crippen molar-refractivity contribution in [2.75, 3.05) is 19.6 Å². The van der Waals surface area contributed by atoms with E-state index in [1.165, 1.54) is 19.3 Å². The van der Waals surface area contributed by atoms with Crippen LogP contribution in [0.5, 0.6) is 0 Å². The second kappa shape index (κ2) is 3.95. The molecule has 0 aromatic rings. The van der Waals surface area contributed by atoms with Crippen molar-refractivity contribution in [2.45, 2.75) is 37.8 Å². The molecule has 1 saturated heterocycles. The monoisotopic (exact) mass is 184 g/mol. The molecule has 3 nitrogen and oxygen atoms in total. The first-order valence-electron chi connectivity index (χ1n) is 5.43. The molecule has 76 valence electrons. The molecule has 3 atom stereocenters. The molecule has 1 saturated carbocycles. The van der Waals surface area contributed by atoms with Crippen molar-refractivity contribution in [2.24, 2.45) is 11.7 Å². The molecule has 0 aromatic carbocycles. The Morgan fingerprint density at radius 2 is 2.15 bits per heavy atom. The molecule has 13 heavy (non-hydrogen) atoms. The molecular formula is C10H20N2O. The van der Waals surface area contributed by atoms with Gasteiger partial charge in [-0.1, -0.05) is 0 Å². The zero-order chi connectivity index (χ0) is 9.26. The van der Waals surface area contributed by atoms with Crippen LogP contribution in [0.25, 0.3) is 0 Å². The normalized spacial score (nSPS) is 41.5. The van der Waals surface area contributed by atoms with E-state index in [2.05, 4.69) is 4.90 Å². The standard InChI is InChI=1S/C10H20N2O/c11-6-8-4-5-12(7-8)9-2-1-3-10(9)13/h8-10,13H,1-7,11H2. The number of hydrogen-bond donors (Lipinski definition) is 2. The Kier molecular flexibility index (Phi) is 2.86. The number of rotatable bonds is 2. The lowest BCUT2D eigenvalue weighted by Crippen LogP contribution is -2.39. The van der Waals surface area contributed by atoms with Crippen LogP contribution in [0.3, 0.4) is 0 Å². The van der Waals surface area contributed by atoms with E-state index >= 15 is 0 Å². The quantitative estimate of drug-likeness (QED) is 0.643. The highest BCUT2D eigenvalue weighted by Crippen LogP contribution is 2.28. The van der Waals surface area contributed by atoms with E-state index in [0.717, 1.165) is 26.1 Å². The molecule has 1 heterocycles. The Morgan fingerprint density at radius 3 is 2.69 bits per heavy atom. The molecule has 0 spiro atoms. The summed E-state index contributed by atoms with van der Waals surface area (Å²) in [5, 5.41) is 9.74. The van der Waals surface area contributed by atoms with Gasteiger partial charge in [-0.15, -0.1) is 0 Å². The third kappa shape index (κ3) is 1.87. The van der Waals surface area contributed by atoms with Gasteiger partial charge >= 0.3 is 0 Å². The average molecular weight is 184 g/mol. The largest absolute Gasteiger partial charge is 0.391 e. The maximum Gasteiger partial charge on any atom is 0.0695 e. The van der Waals surface area contributed by atoms with Crippen LogP contribution in [0, 0.1) is 5.92 Å². The maximum absolute atomic E-state index is 9.74. The van der Waals surface area contributed by atoms with Gasteiger partial charge in [-0.3, -0.25) is 4.90 Å². The Bertz CT molecular complexity index is 174. The van der Waals surface area contributed by atoms with E-state index in [-0.39, 0.29) is 6.10 Å². The molecule has 1 aliphatic carbocycles. The third-order valence-electron chi connectivity index (χ3n) is 3.56. The number of hydrogen-bond acceptors (Lipinski definition) is 3. The lowest BCUT2D eigenvalue weighted by molar-refractivity contribution is 0.0832. The van der Waals surface area contributed by atoms with Crippen LogP contribution in [-0.2, 0) is 0 Å². The summed E-state index contributed by atoms with van der Waals surface area (Å²) in [5.74, 6) is 0.674. The van der Waals surface area contributed by atoms with Gasteiger partial charge in [0.15, 0.2) is 0 Å². The van der Waals surface area contributed by atoms with Gasteiger partial charge in [0.25, 0.3) is 0 Å². The molecular weight excluding hydrogens is 164 g/mol. The molecule has 2 fully saturated rings. The van der Waals surface area contributed by atoms with E-state index in [1.54, 1.807) is 0 Å². The number of nitrogens with zero attached hydrogens (tertiary/aromatic N) is 1. The SMILES string of the molecule is NCC1CCN(C2CCCC2O)C1. The molecule has 2 rings (SSSR count). The van der Waals surface area contributed by atoms with Gasteiger partial charge in [-0.25, -0.2) is 0 Å². The minimum absolute atomic E-state index is 0.0727. The van der Waals surface area contributed by atoms with Crippen LogP contribution < -0.4 is 5.73 Å². The molecule has 3 heteroatoms. The Balaban J connectivity index is 1.88. The first kappa shape index (κ1) is 9.44. The zero-order valence-electron chi connectivity index (χ0n) is 8.15. The van der Waals surface area contributed by atoms with Crippen LogP contribution in [0.15, 0.2) is 0 Å². The first-order chi connectivity index (χ1) is 6.31. The summed E-state index contributed by atoms with van der Waals surface area (Å²) >= 11 is 0. The van der Waals surface area contributed by atoms with Gasteiger partial charge in [-0.05, 0) is 44.7 Å². The third-order valence-corrected chi connectivity index (χ3v) is 3.56. The lowest BCUT2D eigenvalue weighted by Gasteiger charge is -2.26. The summed E-state index contributed by atoms with van der Waals surface area (Å²) in [7, 11) is 0. The molecule has 0 aromatic heterocycles. The number of likely N-dealkylation sites (tertiary alicyclic amines) is 1. The molecule has 1 aliphatic heterocycles. The van der Waals surface area contributed by atoms with Gasteiger partial charge in [0.1, 0.15) is 0 Å². The number of aliphatic hydroxyl groups is 1. The highest BCUT2D eigenvalue weighted by molar-refractivity contribution is 4.89. The lowest BCUT2D eigenvalue weighted by atomic mass is 10.1. The number of aliphatic hydroxyl groups excluding tert-OH is 1. The molecule has 0 radical (unpaired) electrons. The maximum atomic E-state index is 9.74. The fourth-order valence-electron chi connectivity index (χ4n) is 2.70. The van der Waals surface area contributed by atoms with E-state index in [9.17, 15) is 5.11 Å². The van der Waals surface area contributed by atoms with Crippen molar-refractivity contribution in [3.05, 3.63) is 0 Å². The van der Waals surface area contributed by atoms with Crippen molar-refractivity contribution in [1.82, 2.24) is 4.90 Å². The van der Waals surface area contributed by atoms with Gasteiger partial charge in [0, 0.05) is 12.6 Å². The van der Waals surface area contributed by atoms with Crippen LogP contribution >= 0.6 is 0 Å². The topological polar surface area (TPSA) is 49.5 Å². The smallest absolute Gasteiger partial charge is 0.0695 e. The van der Waals surface area contributed by atoms with Crippen molar-refractivity contribution in [3.8, 4) is 0 Å². The van der Waals surface area contributed by atoms with E-state index in [0.29, 0.717) is 12.0 Å². The van der Waals surface area contributed by atoms with E-state index in [4.69, 9.17) is 5.73 Å². The summed E-state index contributed by atoms with van der Waals surface area (Å²) in [4.78, 5) is 2.44. The van der Waals surface area contributed by atoms with Gasteiger partial charge < -0.3 is 10.8 Å². The average Bonchev–Trinajstić information content (AvgIpc) is 2.71. The fourth-order valence-corrected chi connectivity index (χ4v) is 2.70. The second-order valence-electron chi connectivity index (χ2n) is 4.45.